The van der Waals surface area contributed by atoms with Gasteiger partial charge in [0.1, 0.15) is 6.61 Å². The van der Waals surface area contributed by atoms with Gasteiger partial charge in [0.2, 0.25) is 0 Å². The van der Waals surface area contributed by atoms with E-state index < -0.39 is 0 Å². The highest BCUT2D eigenvalue weighted by Crippen LogP contribution is 2.11. The Labute approximate surface area is 111 Å². The van der Waals surface area contributed by atoms with E-state index in [1.165, 1.54) is 0 Å². The SMILES string of the molecule is CNCC1CN(C(=O)c2cc(COC)on2)CCO1. The summed E-state index contributed by atoms with van der Waals surface area (Å²) in [6, 6.07) is 1.62. The molecule has 0 spiro atoms. The Bertz CT molecular complexity index is 419. The summed E-state index contributed by atoms with van der Waals surface area (Å²) in [7, 11) is 3.42. The molecule has 1 amide bonds. The third kappa shape index (κ3) is 3.52. The predicted molar refractivity (Wildman–Crippen MR) is 66.8 cm³/mol. The van der Waals surface area contributed by atoms with Gasteiger partial charge in [-0.2, -0.15) is 0 Å². The molecule has 1 atom stereocenters. The van der Waals surface area contributed by atoms with E-state index in [2.05, 4.69) is 10.5 Å². The number of morpholine rings is 1. The van der Waals surface area contributed by atoms with Crippen molar-refractivity contribution in [1.82, 2.24) is 15.4 Å². The summed E-state index contributed by atoms with van der Waals surface area (Å²) in [4.78, 5) is 14.0. The standard InChI is InChI=1S/C12H19N3O4/c1-13-6-10-7-15(3-4-18-10)12(16)11-5-9(8-17-2)19-14-11/h5,10,13H,3-4,6-8H2,1-2H3. The van der Waals surface area contributed by atoms with Crippen LogP contribution < -0.4 is 5.32 Å². The Morgan fingerprint density at radius 3 is 3.26 bits per heavy atom. The molecule has 0 saturated carbocycles. The maximum absolute atomic E-state index is 12.3. The van der Waals surface area contributed by atoms with Crippen molar-refractivity contribution >= 4 is 5.91 Å². The highest BCUT2D eigenvalue weighted by atomic mass is 16.5. The molecule has 1 aliphatic heterocycles. The molecular formula is C12H19N3O4. The first-order chi connectivity index (χ1) is 9.24. The zero-order chi connectivity index (χ0) is 13.7. The summed E-state index contributed by atoms with van der Waals surface area (Å²) in [6.45, 7) is 2.71. The third-order valence-electron chi connectivity index (χ3n) is 2.92. The molecule has 1 N–H and O–H groups in total. The van der Waals surface area contributed by atoms with Crippen molar-refractivity contribution < 1.29 is 18.8 Å². The number of amides is 1. The Morgan fingerprint density at radius 2 is 2.53 bits per heavy atom. The average molecular weight is 269 g/mol. The lowest BCUT2D eigenvalue weighted by atomic mass is 10.2. The number of carbonyl (C=O) groups excluding carboxylic acids is 1. The molecule has 2 heterocycles. The molecule has 0 bridgehead atoms. The average Bonchev–Trinajstić information content (AvgIpc) is 2.88. The Morgan fingerprint density at radius 1 is 1.68 bits per heavy atom. The number of likely N-dealkylation sites (N-methyl/N-ethyl adjacent to an activating group) is 1. The van der Waals surface area contributed by atoms with Crippen molar-refractivity contribution in [2.45, 2.75) is 12.7 Å². The maximum atomic E-state index is 12.3. The van der Waals surface area contributed by atoms with E-state index in [4.69, 9.17) is 14.0 Å². The van der Waals surface area contributed by atoms with Crippen LogP contribution in [-0.4, -0.2) is 62.5 Å². The Balaban J connectivity index is 1.97. The summed E-state index contributed by atoms with van der Waals surface area (Å²) < 4.78 is 15.5. The van der Waals surface area contributed by atoms with Gasteiger partial charge in [-0.15, -0.1) is 0 Å². The molecule has 19 heavy (non-hydrogen) atoms. The smallest absolute Gasteiger partial charge is 0.276 e. The lowest BCUT2D eigenvalue weighted by molar-refractivity contribution is -0.0199. The monoisotopic (exact) mass is 269 g/mol. The molecule has 0 aromatic carbocycles. The third-order valence-corrected chi connectivity index (χ3v) is 2.92. The second-order valence-electron chi connectivity index (χ2n) is 4.41. The highest BCUT2D eigenvalue weighted by molar-refractivity contribution is 5.92. The van der Waals surface area contributed by atoms with E-state index in [9.17, 15) is 4.79 Å². The molecule has 7 nitrogen and oxygen atoms in total. The van der Waals surface area contributed by atoms with Crippen molar-refractivity contribution in [3.63, 3.8) is 0 Å². The molecule has 0 aliphatic carbocycles. The van der Waals surface area contributed by atoms with E-state index in [1.807, 2.05) is 7.05 Å². The van der Waals surface area contributed by atoms with E-state index in [0.717, 1.165) is 6.54 Å². The maximum Gasteiger partial charge on any atom is 0.276 e. The van der Waals surface area contributed by atoms with E-state index in [0.29, 0.717) is 37.8 Å². The molecule has 1 aromatic heterocycles. The van der Waals surface area contributed by atoms with Crippen LogP contribution in [0.15, 0.2) is 10.6 Å². The molecule has 2 rings (SSSR count). The van der Waals surface area contributed by atoms with Gasteiger partial charge in [-0.1, -0.05) is 5.16 Å². The van der Waals surface area contributed by atoms with E-state index in [1.54, 1.807) is 18.1 Å². The van der Waals surface area contributed by atoms with Gasteiger partial charge >= 0.3 is 0 Å². The normalized spacial score (nSPS) is 19.7. The summed E-state index contributed by atoms with van der Waals surface area (Å²) in [5.74, 6) is 0.418. The number of hydrogen-bond donors (Lipinski definition) is 1. The summed E-state index contributed by atoms with van der Waals surface area (Å²) >= 11 is 0. The first-order valence-electron chi connectivity index (χ1n) is 6.24. The number of rotatable bonds is 5. The van der Waals surface area contributed by atoms with Gasteiger partial charge < -0.3 is 24.2 Å². The van der Waals surface area contributed by atoms with Crippen molar-refractivity contribution in [2.75, 3.05) is 40.4 Å². The minimum absolute atomic E-state index is 0.0213. The fraction of sp³-hybridized carbons (Fsp3) is 0.667. The Hall–Kier alpha value is -1.44. The number of nitrogens with zero attached hydrogens (tertiary/aromatic N) is 2. The summed E-state index contributed by atoms with van der Waals surface area (Å²) in [5, 5.41) is 6.82. The lowest BCUT2D eigenvalue weighted by Gasteiger charge is -2.32. The van der Waals surface area contributed by atoms with Gasteiger partial charge in [-0.3, -0.25) is 4.79 Å². The number of ether oxygens (including phenoxy) is 2. The second kappa shape index (κ2) is 6.65. The topological polar surface area (TPSA) is 76.8 Å². The lowest BCUT2D eigenvalue weighted by Crippen LogP contribution is -2.48. The summed E-state index contributed by atoms with van der Waals surface area (Å²) in [6.07, 6.45) is 0.0213. The van der Waals surface area contributed by atoms with Crippen LogP contribution in [0, 0.1) is 0 Å². The van der Waals surface area contributed by atoms with Gasteiger partial charge in [0.15, 0.2) is 11.5 Å². The number of nitrogens with one attached hydrogen (secondary N) is 1. The quantitative estimate of drug-likeness (QED) is 0.803. The van der Waals surface area contributed by atoms with Crippen LogP contribution in [0.2, 0.25) is 0 Å². The molecular weight excluding hydrogens is 250 g/mol. The molecule has 1 unspecified atom stereocenters. The zero-order valence-corrected chi connectivity index (χ0v) is 11.2. The zero-order valence-electron chi connectivity index (χ0n) is 11.2. The van der Waals surface area contributed by atoms with Crippen molar-refractivity contribution in [2.24, 2.45) is 0 Å². The van der Waals surface area contributed by atoms with Crippen molar-refractivity contribution in [3.05, 3.63) is 17.5 Å². The predicted octanol–water partition coefficient (Wildman–Crippen LogP) is -0.119. The highest BCUT2D eigenvalue weighted by Gasteiger charge is 2.26. The van der Waals surface area contributed by atoms with Crippen LogP contribution >= 0.6 is 0 Å². The van der Waals surface area contributed by atoms with Gasteiger partial charge in [-0.05, 0) is 7.05 Å². The van der Waals surface area contributed by atoms with Gasteiger partial charge in [0.05, 0.1) is 12.7 Å². The first-order valence-corrected chi connectivity index (χ1v) is 6.24. The van der Waals surface area contributed by atoms with Crippen LogP contribution in [-0.2, 0) is 16.1 Å². The van der Waals surface area contributed by atoms with Gasteiger partial charge in [-0.25, -0.2) is 0 Å². The van der Waals surface area contributed by atoms with E-state index in [-0.39, 0.29) is 12.0 Å². The fourth-order valence-electron chi connectivity index (χ4n) is 2.04. The van der Waals surface area contributed by atoms with Gasteiger partial charge in [0.25, 0.3) is 5.91 Å². The number of carbonyl (C=O) groups is 1. The van der Waals surface area contributed by atoms with E-state index >= 15 is 0 Å². The first kappa shape index (κ1) is 14.0. The largest absolute Gasteiger partial charge is 0.377 e. The molecule has 0 radical (unpaired) electrons. The van der Waals surface area contributed by atoms with Crippen LogP contribution in [0.1, 0.15) is 16.2 Å². The van der Waals surface area contributed by atoms with Crippen LogP contribution in [0.4, 0.5) is 0 Å². The molecule has 1 aromatic rings. The van der Waals surface area contributed by atoms with Crippen LogP contribution in [0.25, 0.3) is 0 Å². The molecule has 1 saturated heterocycles. The number of hydrogen-bond acceptors (Lipinski definition) is 6. The van der Waals surface area contributed by atoms with Gasteiger partial charge in [0, 0.05) is 32.8 Å². The fourth-order valence-corrected chi connectivity index (χ4v) is 2.04. The van der Waals surface area contributed by atoms with Crippen LogP contribution in [0.5, 0.6) is 0 Å². The molecule has 1 fully saturated rings. The minimum Gasteiger partial charge on any atom is -0.377 e. The Kier molecular flexibility index (Phi) is 4.89. The second-order valence-corrected chi connectivity index (χ2v) is 4.41. The molecule has 106 valence electrons. The summed E-state index contributed by atoms with van der Waals surface area (Å²) in [5.41, 5.74) is 0.317. The van der Waals surface area contributed by atoms with Crippen molar-refractivity contribution in [1.29, 1.82) is 0 Å². The van der Waals surface area contributed by atoms with Crippen LogP contribution in [0.3, 0.4) is 0 Å². The minimum atomic E-state index is -0.129. The number of methoxy groups -OCH3 is 1. The molecule has 1 aliphatic rings. The molecule has 7 heteroatoms. The van der Waals surface area contributed by atoms with Crippen molar-refractivity contribution in [3.8, 4) is 0 Å². The number of aromatic nitrogens is 1.